The maximum absolute atomic E-state index is 13.1. The van der Waals surface area contributed by atoms with Crippen molar-refractivity contribution in [1.29, 1.82) is 0 Å². The zero-order valence-corrected chi connectivity index (χ0v) is 14.4. The molecule has 1 aromatic heterocycles. The summed E-state index contributed by atoms with van der Waals surface area (Å²) in [4.78, 5) is 2.26. The number of benzene rings is 1. The number of aliphatic hydroxyl groups is 1. The standard InChI is InChI=1S/C18H24FN3O2/c1-12-17(18(24-3)21(2)20-12)15-5-4-10-22(15)11-16(23)13-6-8-14(19)9-7-13/h6-9,15-16,23H,4-5,10-11H2,1-3H3/t15-,16+/m1/s1. The number of β-amino-alcohol motifs (C(OH)–C–C–N with tert-alkyl or cyclic N) is 1. The van der Waals surface area contributed by atoms with Crippen LogP contribution in [0.2, 0.25) is 0 Å². The molecule has 24 heavy (non-hydrogen) atoms. The molecule has 1 aliphatic heterocycles. The topological polar surface area (TPSA) is 50.5 Å². The van der Waals surface area contributed by atoms with Crippen LogP contribution in [0, 0.1) is 12.7 Å². The van der Waals surface area contributed by atoms with Gasteiger partial charge in [0.2, 0.25) is 5.88 Å². The minimum absolute atomic E-state index is 0.184. The fourth-order valence-corrected chi connectivity index (χ4v) is 3.66. The van der Waals surface area contributed by atoms with Crippen LogP contribution in [0.4, 0.5) is 4.39 Å². The number of methoxy groups -OCH3 is 1. The van der Waals surface area contributed by atoms with Crippen molar-refractivity contribution in [3.8, 4) is 5.88 Å². The Hall–Kier alpha value is -1.92. The molecule has 1 aliphatic rings. The highest BCUT2D eigenvalue weighted by Gasteiger charge is 2.33. The largest absolute Gasteiger partial charge is 0.481 e. The predicted molar refractivity (Wildman–Crippen MR) is 89.4 cm³/mol. The van der Waals surface area contributed by atoms with Gasteiger partial charge in [-0.15, -0.1) is 0 Å². The molecule has 0 radical (unpaired) electrons. The second kappa shape index (κ2) is 6.91. The molecule has 130 valence electrons. The van der Waals surface area contributed by atoms with Crippen molar-refractivity contribution in [3.63, 3.8) is 0 Å². The van der Waals surface area contributed by atoms with E-state index in [2.05, 4.69) is 10.00 Å². The Bertz CT molecular complexity index is 699. The van der Waals surface area contributed by atoms with Crippen molar-refractivity contribution in [2.24, 2.45) is 7.05 Å². The van der Waals surface area contributed by atoms with Crippen LogP contribution in [0.1, 0.15) is 41.8 Å². The first-order chi connectivity index (χ1) is 11.5. The fourth-order valence-electron chi connectivity index (χ4n) is 3.66. The number of rotatable bonds is 5. The first kappa shape index (κ1) is 16.9. The molecule has 2 atom stereocenters. The number of aryl methyl sites for hydroxylation is 2. The van der Waals surface area contributed by atoms with Gasteiger partial charge < -0.3 is 9.84 Å². The molecule has 5 nitrogen and oxygen atoms in total. The molecule has 0 unspecified atom stereocenters. The van der Waals surface area contributed by atoms with E-state index in [-0.39, 0.29) is 11.9 Å². The highest BCUT2D eigenvalue weighted by atomic mass is 19.1. The van der Waals surface area contributed by atoms with E-state index in [1.165, 1.54) is 12.1 Å². The normalized spacial score (nSPS) is 19.6. The summed E-state index contributed by atoms with van der Waals surface area (Å²) in [6.45, 7) is 3.42. The average molecular weight is 333 g/mol. The number of hydrogen-bond acceptors (Lipinski definition) is 4. The molecule has 0 spiro atoms. The first-order valence-electron chi connectivity index (χ1n) is 8.26. The van der Waals surface area contributed by atoms with Gasteiger partial charge in [0.15, 0.2) is 0 Å². The Labute approximate surface area is 141 Å². The summed E-state index contributed by atoms with van der Waals surface area (Å²) in [7, 11) is 3.54. The van der Waals surface area contributed by atoms with Crippen molar-refractivity contribution < 1.29 is 14.2 Å². The predicted octanol–water partition coefficient (Wildman–Crippen LogP) is 2.75. The molecule has 2 aromatic rings. The molecular formula is C18H24FN3O2. The zero-order chi connectivity index (χ0) is 17.3. The van der Waals surface area contributed by atoms with E-state index in [9.17, 15) is 9.50 Å². The quantitative estimate of drug-likeness (QED) is 0.914. The Morgan fingerprint density at radius 3 is 2.75 bits per heavy atom. The third-order valence-corrected chi connectivity index (χ3v) is 4.77. The number of aliphatic hydroxyl groups excluding tert-OH is 1. The molecule has 0 amide bonds. The highest BCUT2D eigenvalue weighted by Crippen LogP contribution is 2.39. The molecule has 0 aliphatic carbocycles. The minimum atomic E-state index is -0.644. The van der Waals surface area contributed by atoms with Crippen LogP contribution in [0.5, 0.6) is 5.88 Å². The van der Waals surface area contributed by atoms with Gasteiger partial charge in [-0.05, 0) is 44.0 Å². The van der Waals surface area contributed by atoms with Gasteiger partial charge in [-0.25, -0.2) is 9.07 Å². The molecular weight excluding hydrogens is 309 g/mol. The number of nitrogens with zero attached hydrogens (tertiary/aromatic N) is 3. The summed E-state index contributed by atoms with van der Waals surface area (Å²) >= 11 is 0. The van der Waals surface area contributed by atoms with Gasteiger partial charge in [-0.1, -0.05) is 12.1 Å². The van der Waals surface area contributed by atoms with E-state index in [0.717, 1.165) is 42.1 Å². The van der Waals surface area contributed by atoms with Crippen LogP contribution in [0.25, 0.3) is 0 Å². The lowest BCUT2D eigenvalue weighted by Gasteiger charge is -2.27. The van der Waals surface area contributed by atoms with E-state index < -0.39 is 6.10 Å². The van der Waals surface area contributed by atoms with Gasteiger partial charge in [0.25, 0.3) is 0 Å². The van der Waals surface area contributed by atoms with E-state index in [1.54, 1.807) is 23.9 Å². The minimum Gasteiger partial charge on any atom is -0.481 e. The summed E-state index contributed by atoms with van der Waals surface area (Å²) in [5.41, 5.74) is 2.79. The first-order valence-corrected chi connectivity index (χ1v) is 8.26. The number of ether oxygens (including phenoxy) is 1. The Balaban J connectivity index is 1.80. The zero-order valence-electron chi connectivity index (χ0n) is 14.4. The number of aromatic nitrogens is 2. The van der Waals surface area contributed by atoms with E-state index in [0.29, 0.717) is 6.54 Å². The number of hydrogen-bond donors (Lipinski definition) is 1. The van der Waals surface area contributed by atoms with Gasteiger partial charge in [0.05, 0.1) is 24.5 Å². The van der Waals surface area contributed by atoms with Crippen molar-refractivity contribution >= 4 is 0 Å². The SMILES string of the molecule is COc1c([C@H]2CCCN2C[C@H](O)c2ccc(F)cc2)c(C)nn1C. The molecule has 1 fully saturated rings. The third-order valence-electron chi connectivity index (χ3n) is 4.77. The van der Waals surface area contributed by atoms with Crippen LogP contribution in [0.15, 0.2) is 24.3 Å². The summed E-state index contributed by atoms with van der Waals surface area (Å²) < 4.78 is 20.3. The summed E-state index contributed by atoms with van der Waals surface area (Å²) in [6.07, 6.45) is 1.44. The lowest BCUT2D eigenvalue weighted by atomic mass is 10.0. The van der Waals surface area contributed by atoms with Crippen LogP contribution >= 0.6 is 0 Å². The maximum atomic E-state index is 13.1. The van der Waals surface area contributed by atoms with Gasteiger partial charge in [-0.2, -0.15) is 5.10 Å². The summed E-state index contributed by atoms with van der Waals surface area (Å²) in [5.74, 6) is 0.487. The van der Waals surface area contributed by atoms with E-state index in [4.69, 9.17) is 4.74 Å². The van der Waals surface area contributed by atoms with Crippen LogP contribution in [-0.2, 0) is 7.05 Å². The lowest BCUT2D eigenvalue weighted by Crippen LogP contribution is -2.29. The van der Waals surface area contributed by atoms with Gasteiger partial charge >= 0.3 is 0 Å². The van der Waals surface area contributed by atoms with Gasteiger partial charge in [0, 0.05) is 19.6 Å². The monoisotopic (exact) mass is 333 g/mol. The smallest absolute Gasteiger partial charge is 0.216 e. The molecule has 1 aromatic carbocycles. The molecule has 6 heteroatoms. The maximum Gasteiger partial charge on any atom is 0.216 e. The molecule has 1 saturated heterocycles. The van der Waals surface area contributed by atoms with Crippen molar-refractivity contribution in [1.82, 2.24) is 14.7 Å². The molecule has 2 heterocycles. The third kappa shape index (κ3) is 3.16. The second-order valence-electron chi connectivity index (χ2n) is 6.35. The van der Waals surface area contributed by atoms with Crippen LogP contribution in [-0.4, -0.2) is 40.0 Å². The Kier molecular flexibility index (Phi) is 4.87. The van der Waals surface area contributed by atoms with E-state index in [1.807, 2.05) is 14.0 Å². The number of likely N-dealkylation sites (tertiary alicyclic amines) is 1. The Morgan fingerprint density at radius 2 is 2.08 bits per heavy atom. The van der Waals surface area contributed by atoms with Crippen LogP contribution < -0.4 is 4.74 Å². The van der Waals surface area contributed by atoms with Crippen molar-refractivity contribution in [3.05, 3.63) is 46.9 Å². The molecule has 3 rings (SSSR count). The fraction of sp³-hybridized carbons (Fsp3) is 0.500. The van der Waals surface area contributed by atoms with E-state index >= 15 is 0 Å². The summed E-state index contributed by atoms with van der Waals surface area (Å²) in [6, 6.07) is 6.23. The second-order valence-corrected chi connectivity index (χ2v) is 6.35. The van der Waals surface area contributed by atoms with Crippen LogP contribution in [0.3, 0.4) is 0 Å². The average Bonchev–Trinajstić information content (AvgIpc) is 3.10. The van der Waals surface area contributed by atoms with Crippen molar-refractivity contribution in [2.75, 3.05) is 20.2 Å². The molecule has 0 bridgehead atoms. The highest BCUT2D eigenvalue weighted by molar-refractivity contribution is 5.35. The molecule has 1 N–H and O–H groups in total. The number of halogens is 1. The van der Waals surface area contributed by atoms with Gasteiger partial charge in [0.1, 0.15) is 5.82 Å². The molecule has 0 saturated carbocycles. The Morgan fingerprint density at radius 1 is 1.38 bits per heavy atom. The summed E-state index contributed by atoms with van der Waals surface area (Å²) in [5, 5.41) is 15.0. The lowest BCUT2D eigenvalue weighted by molar-refractivity contribution is 0.105. The van der Waals surface area contributed by atoms with Crippen molar-refractivity contribution in [2.45, 2.75) is 31.9 Å². The van der Waals surface area contributed by atoms with Gasteiger partial charge in [-0.3, -0.25) is 4.90 Å².